The molecule has 0 aromatic heterocycles. The molecule has 0 spiro atoms. The quantitative estimate of drug-likeness (QED) is 0.850. The number of piperidine rings is 1. The van der Waals surface area contributed by atoms with Crippen molar-refractivity contribution in [3.05, 3.63) is 54.1 Å². The molecule has 1 N–H and O–H groups in total. The average Bonchev–Trinajstić information content (AvgIpc) is 3.13. The second kappa shape index (κ2) is 7.66. The Morgan fingerprint density at radius 2 is 1.70 bits per heavy atom. The highest BCUT2D eigenvalue weighted by molar-refractivity contribution is 8.01. The van der Waals surface area contributed by atoms with Gasteiger partial charge in [0.2, 0.25) is 15.9 Å². The van der Waals surface area contributed by atoms with Gasteiger partial charge in [-0.3, -0.25) is 4.79 Å². The number of fused-ring (bicyclic) bond motifs is 1. The van der Waals surface area contributed by atoms with Gasteiger partial charge in [-0.1, -0.05) is 24.6 Å². The van der Waals surface area contributed by atoms with Crippen LogP contribution in [0, 0.1) is 0 Å². The van der Waals surface area contributed by atoms with Crippen molar-refractivity contribution in [2.75, 3.05) is 18.4 Å². The zero-order valence-corrected chi connectivity index (χ0v) is 16.6. The van der Waals surface area contributed by atoms with Crippen molar-refractivity contribution >= 4 is 33.4 Å². The molecule has 0 aliphatic carbocycles. The third kappa shape index (κ3) is 3.90. The van der Waals surface area contributed by atoms with Crippen LogP contribution in [-0.2, 0) is 21.2 Å². The molecule has 2 aliphatic heterocycles. The van der Waals surface area contributed by atoms with Crippen molar-refractivity contribution < 1.29 is 13.2 Å². The second-order valence-electron chi connectivity index (χ2n) is 6.90. The summed E-state index contributed by atoms with van der Waals surface area (Å²) in [7, 11) is -3.44. The maximum absolute atomic E-state index is 12.7. The lowest BCUT2D eigenvalue weighted by molar-refractivity contribution is -0.115. The molecule has 142 valence electrons. The van der Waals surface area contributed by atoms with Crippen LogP contribution < -0.4 is 5.32 Å². The van der Waals surface area contributed by atoms with Gasteiger partial charge in [-0.25, -0.2) is 8.42 Å². The normalized spacial score (nSPS) is 20.2. The minimum absolute atomic E-state index is 0.0529. The first-order chi connectivity index (χ1) is 13.0. The predicted octanol–water partition coefficient (Wildman–Crippen LogP) is 3.52. The smallest absolute Gasteiger partial charge is 0.243 e. The summed E-state index contributed by atoms with van der Waals surface area (Å²) < 4.78 is 26.9. The Morgan fingerprint density at radius 1 is 1.00 bits per heavy atom. The van der Waals surface area contributed by atoms with Crippen LogP contribution in [0.4, 0.5) is 5.69 Å². The van der Waals surface area contributed by atoms with E-state index in [9.17, 15) is 13.2 Å². The van der Waals surface area contributed by atoms with Crippen molar-refractivity contribution in [2.45, 2.75) is 40.7 Å². The Balaban J connectivity index is 1.42. The van der Waals surface area contributed by atoms with Crippen LogP contribution in [0.1, 0.15) is 24.8 Å². The second-order valence-corrected chi connectivity index (χ2v) is 10.1. The fourth-order valence-electron chi connectivity index (χ4n) is 3.52. The minimum atomic E-state index is -3.44. The third-order valence-corrected chi connectivity index (χ3v) is 8.24. The minimum Gasteiger partial charge on any atom is -0.325 e. The van der Waals surface area contributed by atoms with E-state index in [-0.39, 0.29) is 16.1 Å². The molecule has 0 bridgehead atoms. The number of anilines is 1. The Labute approximate surface area is 164 Å². The van der Waals surface area contributed by atoms with Gasteiger partial charge >= 0.3 is 0 Å². The van der Waals surface area contributed by atoms with E-state index in [1.165, 1.54) is 5.56 Å². The van der Waals surface area contributed by atoms with Crippen LogP contribution in [0.25, 0.3) is 0 Å². The van der Waals surface area contributed by atoms with Gasteiger partial charge in [0.1, 0.15) is 0 Å². The molecule has 1 saturated heterocycles. The van der Waals surface area contributed by atoms with Gasteiger partial charge in [-0.05, 0) is 55.2 Å². The van der Waals surface area contributed by atoms with E-state index in [2.05, 4.69) is 11.4 Å². The van der Waals surface area contributed by atoms with E-state index in [0.29, 0.717) is 25.2 Å². The summed E-state index contributed by atoms with van der Waals surface area (Å²) in [6.07, 6.45) is 3.62. The molecule has 2 aromatic carbocycles. The van der Waals surface area contributed by atoms with Gasteiger partial charge < -0.3 is 5.32 Å². The Morgan fingerprint density at radius 3 is 2.41 bits per heavy atom. The van der Waals surface area contributed by atoms with E-state index in [4.69, 9.17) is 0 Å². The number of carbonyl (C=O) groups excluding carboxylic acids is 1. The van der Waals surface area contributed by atoms with Gasteiger partial charge in [0, 0.05) is 23.7 Å². The van der Waals surface area contributed by atoms with E-state index in [1.54, 1.807) is 40.3 Å². The zero-order chi connectivity index (χ0) is 18.9. The number of nitrogens with zero attached hydrogens (tertiary/aromatic N) is 1. The van der Waals surface area contributed by atoms with E-state index < -0.39 is 10.0 Å². The number of sulfonamides is 1. The number of nitrogens with one attached hydrogen (secondary N) is 1. The molecule has 2 aliphatic rings. The number of carbonyl (C=O) groups is 1. The molecule has 5 nitrogen and oxygen atoms in total. The molecule has 0 saturated carbocycles. The largest absolute Gasteiger partial charge is 0.325 e. The van der Waals surface area contributed by atoms with Crippen LogP contribution in [0.15, 0.2) is 58.3 Å². The SMILES string of the molecule is O=C(Nc1ccc(S(=O)(=O)N2CCCCC2)cc1)C1Cc2ccccc2S1. The molecule has 27 heavy (non-hydrogen) atoms. The highest BCUT2D eigenvalue weighted by Gasteiger charge is 2.28. The lowest BCUT2D eigenvalue weighted by atomic mass is 10.1. The summed E-state index contributed by atoms with van der Waals surface area (Å²) in [6, 6.07) is 14.5. The molecule has 2 heterocycles. The monoisotopic (exact) mass is 402 g/mol. The third-order valence-electron chi connectivity index (χ3n) is 5.01. The number of benzene rings is 2. The zero-order valence-electron chi connectivity index (χ0n) is 14.9. The Hall–Kier alpha value is -1.83. The summed E-state index contributed by atoms with van der Waals surface area (Å²) in [5, 5.41) is 2.76. The highest BCUT2D eigenvalue weighted by Crippen LogP contribution is 2.37. The van der Waals surface area contributed by atoms with E-state index >= 15 is 0 Å². The fourth-order valence-corrected chi connectivity index (χ4v) is 6.23. The summed E-state index contributed by atoms with van der Waals surface area (Å²) in [6.45, 7) is 1.17. The number of amides is 1. The van der Waals surface area contributed by atoms with Gasteiger partial charge in [0.05, 0.1) is 10.1 Å². The first kappa shape index (κ1) is 18.5. The van der Waals surface area contributed by atoms with Crippen molar-refractivity contribution in [3.8, 4) is 0 Å². The molecule has 1 amide bonds. The maximum Gasteiger partial charge on any atom is 0.243 e. The number of hydrogen-bond donors (Lipinski definition) is 1. The average molecular weight is 403 g/mol. The molecular weight excluding hydrogens is 380 g/mol. The topological polar surface area (TPSA) is 66.5 Å². The molecule has 0 radical (unpaired) electrons. The summed E-state index contributed by atoms with van der Waals surface area (Å²) >= 11 is 1.58. The van der Waals surface area contributed by atoms with Gasteiger partial charge in [-0.2, -0.15) is 4.31 Å². The van der Waals surface area contributed by atoms with Crippen LogP contribution >= 0.6 is 11.8 Å². The van der Waals surface area contributed by atoms with Gasteiger partial charge in [0.25, 0.3) is 0 Å². The van der Waals surface area contributed by atoms with Gasteiger partial charge in [0.15, 0.2) is 0 Å². The van der Waals surface area contributed by atoms with E-state index in [0.717, 1.165) is 24.2 Å². The molecular formula is C20H22N2O3S2. The molecule has 7 heteroatoms. The first-order valence-electron chi connectivity index (χ1n) is 9.20. The summed E-state index contributed by atoms with van der Waals surface area (Å²) in [5.74, 6) is -0.0529. The number of thioether (sulfide) groups is 1. The maximum atomic E-state index is 12.7. The van der Waals surface area contributed by atoms with Crippen molar-refractivity contribution in [3.63, 3.8) is 0 Å². The Bertz CT molecular complexity index is 911. The standard InChI is InChI=1S/C20H22N2O3S2/c23-20(19-14-15-6-2-3-7-18(15)26-19)21-16-8-10-17(11-9-16)27(24,25)22-12-4-1-5-13-22/h2-3,6-11,19H,1,4-5,12-14H2,(H,21,23). The van der Waals surface area contributed by atoms with Crippen LogP contribution in [0.2, 0.25) is 0 Å². The first-order valence-corrected chi connectivity index (χ1v) is 11.5. The summed E-state index contributed by atoms with van der Waals surface area (Å²) in [4.78, 5) is 14.0. The summed E-state index contributed by atoms with van der Waals surface area (Å²) in [5.41, 5.74) is 1.82. The predicted molar refractivity (Wildman–Crippen MR) is 107 cm³/mol. The number of rotatable bonds is 4. The highest BCUT2D eigenvalue weighted by atomic mass is 32.2. The van der Waals surface area contributed by atoms with Crippen LogP contribution in [0.3, 0.4) is 0 Å². The van der Waals surface area contributed by atoms with Gasteiger partial charge in [-0.15, -0.1) is 11.8 Å². The number of hydrogen-bond acceptors (Lipinski definition) is 4. The molecule has 1 atom stereocenters. The van der Waals surface area contributed by atoms with Crippen molar-refractivity contribution in [2.24, 2.45) is 0 Å². The lowest BCUT2D eigenvalue weighted by Crippen LogP contribution is -2.35. The van der Waals surface area contributed by atoms with Crippen molar-refractivity contribution in [1.82, 2.24) is 4.31 Å². The van der Waals surface area contributed by atoms with Crippen molar-refractivity contribution in [1.29, 1.82) is 0 Å². The lowest BCUT2D eigenvalue weighted by Gasteiger charge is -2.25. The van der Waals surface area contributed by atoms with Crippen LogP contribution in [0.5, 0.6) is 0 Å². The molecule has 4 rings (SSSR count). The molecule has 1 unspecified atom stereocenters. The Kier molecular flexibility index (Phi) is 5.25. The van der Waals surface area contributed by atoms with E-state index in [1.807, 2.05) is 18.2 Å². The molecule has 2 aromatic rings. The fraction of sp³-hybridized carbons (Fsp3) is 0.350. The van der Waals surface area contributed by atoms with Crippen LogP contribution in [-0.4, -0.2) is 37.0 Å². The molecule has 1 fully saturated rings.